The number of anilines is 1. The molecule has 3 heterocycles. The molecular weight excluding hydrogens is 399 g/mol. The third kappa shape index (κ3) is 4.68. The van der Waals surface area contributed by atoms with Crippen LogP contribution in [0.5, 0.6) is 0 Å². The lowest BCUT2D eigenvalue weighted by molar-refractivity contribution is -0.132. The molecule has 0 radical (unpaired) electrons. The molecule has 0 atom stereocenters. The summed E-state index contributed by atoms with van der Waals surface area (Å²) in [6.45, 7) is 6.41. The van der Waals surface area contributed by atoms with Crippen LogP contribution in [0.1, 0.15) is 24.7 Å². The van der Waals surface area contributed by atoms with E-state index in [4.69, 9.17) is 0 Å². The number of nitrogens with zero attached hydrogens (tertiary/aromatic N) is 8. The summed E-state index contributed by atoms with van der Waals surface area (Å²) in [5.74, 6) is 1.64. The predicted molar refractivity (Wildman–Crippen MR) is 113 cm³/mol. The summed E-state index contributed by atoms with van der Waals surface area (Å²) < 4.78 is 15.3. The van der Waals surface area contributed by atoms with Crippen molar-refractivity contribution < 1.29 is 9.18 Å². The molecule has 4 rings (SSSR count). The zero-order valence-corrected chi connectivity index (χ0v) is 17.7. The minimum atomic E-state index is -0.261. The fraction of sp³-hybridized carbons (Fsp3) is 0.429. The Morgan fingerprint density at radius 3 is 2.55 bits per heavy atom. The zero-order chi connectivity index (χ0) is 21.8. The van der Waals surface area contributed by atoms with Crippen LogP contribution in [0.3, 0.4) is 0 Å². The molecule has 0 unspecified atom stereocenters. The number of aryl methyl sites for hydroxylation is 2. The van der Waals surface area contributed by atoms with Crippen LogP contribution in [0.4, 0.5) is 10.3 Å². The van der Waals surface area contributed by atoms with Crippen molar-refractivity contribution in [2.45, 2.75) is 33.2 Å². The monoisotopic (exact) mass is 424 g/mol. The number of rotatable bonds is 6. The van der Waals surface area contributed by atoms with Crippen molar-refractivity contribution in [2.24, 2.45) is 0 Å². The molecule has 0 bridgehead atoms. The zero-order valence-electron chi connectivity index (χ0n) is 17.7. The minimum Gasteiger partial charge on any atom is -0.338 e. The van der Waals surface area contributed by atoms with Gasteiger partial charge in [0, 0.05) is 38.2 Å². The Morgan fingerprint density at radius 1 is 1.13 bits per heavy atom. The Morgan fingerprint density at radius 2 is 1.87 bits per heavy atom. The van der Waals surface area contributed by atoms with E-state index in [1.807, 2.05) is 9.80 Å². The predicted octanol–water partition coefficient (Wildman–Crippen LogP) is 1.88. The first-order valence-corrected chi connectivity index (χ1v) is 10.4. The smallest absolute Gasteiger partial charge is 0.244 e. The third-order valence-electron chi connectivity index (χ3n) is 5.32. The molecule has 1 aromatic carbocycles. The first-order chi connectivity index (χ1) is 15.0. The quantitative estimate of drug-likeness (QED) is 0.596. The number of carbonyl (C=O) groups is 1. The van der Waals surface area contributed by atoms with E-state index in [0.29, 0.717) is 49.9 Å². The Bertz CT molecular complexity index is 1050. The van der Waals surface area contributed by atoms with Crippen LogP contribution < -0.4 is 4.90 Å². The molecule has 3 aromatic rings. The third-order valence-corrected chi connectivity index (χ3v) is 5.32. The molecule has 9 nitrogen and oxygen atoms in total. The van der Waals surface area contributed by atoms with Crippen LogP contribution in [0.25, 0.3) is 11.4 Å². The second kappa shape index (κ2) is 9.15. The maximum atomic E-state index is 13.6. The van der Waals surface area contributed by atoms with Gasteiger partial charge < -0.3 is 9.80 Å². The van der Waals surface area contributed by atoms with Crippen LogP contribution in [0, 0.1) is 12.7 Å². The van der Waals surface area contributed by atoms with Gasteiger partial charge in [0.25, 0.3) is 0 Å². The maximum absolute atomic E-state index is 13.6. The summed E-state index contributed by atoms with van der Waals surface area (Å²) in [5, 5.41) is 4.57. The van der Waals surface area contributed by atoms with Crippen molar-refractivity contribution in [3.8, 4) is 11.4 Å². The van der Waals surface area contributed by atoms with Gasteiger partial charge in [-0.3, -0.25) is 4.79 Å². The van der Waals surface area contributed by atoms with Gasteiger partial charge in [0.05, 0.1) is 0 Å². The molecule has 1 amide bonds. The number of piperazine rings is 1. The Balaban J connectivity index is 1.45. The maximum Gasteiger partial charge on any atom is 0.244 e. The lowest BCUT2D eigenvalue weighted by Gasteiger charge is -2.34. The molecule has 2 aromatic heterocycles. The van der Waals surface area contributed by atoms with Crippen LogP contribution in [0.15, 0.2) is 30.9 Å². The highest BCUT2D eigenvalue weighted by Crippen LogP contribution is 2.20. The molecule has 0 saturated carbocycles. The van der Waals surface area contributed by atoms with E-state index in [-0.39, 0.29) is 18.3 Å². The van der Waals surface area contributed by atoms with Crippen molar-refractivity contribution >= 4 is 11.9 Å². The number of halogens is 1. The Labute approximate surface area is 180 Å². The van der Waals surface area contributed by atoms with Gasteiger partial charge in [-0.2, -0.15) is 5.10 Å². The van der Waals surface area contributed by atoms with Crippen LogP contribution in [-0.2, 0) is 17.8 Å². The van der Waals surface area contributed by atoms with E-state index in [1.54, 1.807) is 23.7 Å². The summed E-state index contributed by atoms with van der Waals surface area (Å²) in [5.41, 5.74) is 1.28. The molecule has 1 saturated heterocycles. The van der Waals surface area contributed by atoms with Crippen LogP contribution in [-0.4, -0.2) is 66.7 Å². The number of hydrogen-bond donors (Lipinski definition) is 0. The van der Waals surface area contributed by atoms with E-state index in [9.17, 15) is 9.18 Å². The highest BCUT2D eigenvalue weighted by molar-refractivity contribution is 5.76. The van der Waals surface area contributed by atoms with Crippen molar-refractivity contribution in [1.82, 2.24) is 34.6 Å². The van der Waals surface area contributed by atoms with E-state index >= 15 is 0 Å². The van der Waals surface area contributed by atoms with Crippen LogP contribution in [0.2, 0.25) is 0 Å². The molecule has 0 N–H and O–H groups in total. The first-order valence-electron chi connectivity index (χ1n) is 10.4. The second-order valence-corrected chi connectivity index (χ2v) is 7.53. The van der Waals surface area contributed by atoms with Gasteiger partial charge in [0.1, 0.15) is 30.8 Å². The summed E-state index contributed by atoms with van der Waals surface area (Å²) in [4.78, 5) is 33.6. The number of benzene rings is 1. The number of aromatic nitrogens is 6. The number of amides is 1. The Hall–Kier alpha value is -3.43. The van der Waals surface area contributed by atoms with Gasteiger partial charge in [-0.05, 0) is 37.1 Å². The van der Waals surface area contributed by atoms with Crippen LogP contribution >= 0.6 is 0 Å². The van der Waals surface area contributed by atoms with E-state index in [1.165, 1.54) is 18.7 Å². The molecule has 1 aliphatic heterocycles. The van der Waals surface area contributed by atoms with Gasteiger partial charge >= 0.3 is 0 Å². The van der Waals surface area contributed by atoms with E-state index < -0.39 is 0 Å². The average molecular weight is 424 g/mol. The normalized spacial score (nSPS) is 14.2. The lowest BCUT2D eigenvalue weighted by atomic mass is 10.1. The SMILES string of the molecule is CCCc1nc(-c2ccc(F)c(C)c2)nn1CC(=O)N1CCN(c2ncncn2)CC1. The largest absolute Gasteiger partial charge is 0.338 e. The van der Waals surface area contributed by atoms with Gasteiger partial charge in [-0.1, -0.05) is 6.92 Å². The number of hydrogen-bond acceptors (Lipinski definition) is 7. The Kier molecular flexibility index (Phi) is 6.15. The molecule has 162 valence electrons. The minimum absolute atomic E-state index is 0.000568. The van der Waals surface area contributed by atoms with Crippen molar-refractivity contribution in [3.63, 3.8) is 0 Å². The van der Waals surface area contributed by atoms with Gasteiger partial charge in [-0.15, -0.1) is 0 Å². The summed E-state index contributed by atoms with van der Waals surface area (Å²) in [7, 11) is 0. The summed E-state index contributed by atoms with van der Waals surface area (Å²) in [6, 6.07) is 4.81. The van der Waals surface area contributed by atoms with Crippen molar-refractivity contribution in [3.05, 3.63) is 48.1 Å². The molecule has 1 fully saturated rings. The van der Waals surface area contributed by atoms with E-state index in [0.717, 1.165) is 17.8 Å². The van der Waals surface area contributed by atoms with Gasteiger partial charge in [-0.25, -0.2) is 29.0 Å². The van der Waals surface area contributed by atoms with Crippen molar-refractivity contribution in [1.29, 1.82) is 0 Å². The van der Waals surface area contributed by atoms with Crippen molar-refractivity contribution in [2.75, 3.05) is 31.1 Å². The van der Waals surface area contributed by atoms with E-state index in [2.05, 4.69) is 32.0 Å². The average Bonchev–Trinajstić information content (AvgIpc) is 3.19. The molecule has 31 heavy (non-hydrogen) atoms. The molecular formula is C21H25FN8O. The molecule has 0 aliphatic carbocycles. The fourth-order valence-corrected chi connectivity index (χ4v) is 3.60. The fourth-order valence-electron chi connectivity index (χ4n) is 3.60. The van der Waals surface area contributed by atoms with Gasteiger partial charge in [0.15, 0.2) is 5.82 Å². The molecule has 0 spiro atoms. The van der Waals surface area contributed by atoms with Gasteiger partial charge in [0.2, 0.25) is 11.9 Å². The topological polar surface area (TPSA) is 92.9 Å². The summed E-state index contributed by atoms with van der Waals surface area (Å²) >= 11 is 0. The molecule has 10 heteroatoms. The molecule has 1 aliphatic rings. The second-order valence-electron chi connectivity index (χ2n) is 7.53. The highest BCUT2D eigenvalue weighted by Gasteiger charge is 2.24. The highest BCUT2D eigenvalue weighted by atomic mass is 19.1. The lowest BCUT2D eigenvalue weighted by Crippen LogP contribution is -2.50. The first kappa shape index (κ1) is 20.8. The number of carbonyl (C=O) groups excluding carboxylic acids is 1. The standard InChI is InChI=1S/C21H25FN8O/c1-3-4-18-26-20(16-5-6-17(22)15(2)11-16)27-30(18)12-19(31)28-7-9-29(10-8-28)21-24-13-23-14-25-21/h5-6,11,13-14H,3-4,7-10,12H2,1-2H3. The summed E-state index contributed by atoms with van der Waals surface area (Å²) in [6.07, 6.45) is 4.55.